The summed E-state index contributed by atoms with van der Waals surface area (Å²) in [4.78, 5) is 0. The van der Waals surface area contributed by atoms with Gasteiger partial charge in [0.25, 0.3) is 0 Å². The fraction of sp³-hybridized carbons (Fsp3) is 0.562. The molecule has 2 N–H and O–H groups in total. The Hall–Kier alpha value is -1.53. The van der Waals surface area contributed by atoms with E-state index in [-0.39, 0.29) is 0 Å². The maximum Gasteiger partial charge on any atom is 0.231 e. The van der Waals surface area contributed by atoms with Crippen LogP contribution in [-0.4, -0.2) is 29.0 Å². The Bertz CT molecular complexity index is 542. The number of benzene rings is 1. The Morgan fingerprint density at radius 2 is 1.95 bits per heavy atom. The van der Waals surface area contributed by atoms with Crippen LogP contribution in [-0.2, 0) is 6.54 Å². The summed E-state index contributed by atoms with van der Waals surface area (Å²) in [7, 11) is 0. The van der Waals surface area contributed by atoms with Gasteiger partial charge in [-0.1, -0.05) is 12.5 Å². The molecule has 0 bridgehead atoms. The predicted octanol–water partition coefficient (Wildman–Crippen LogP) is 2.56. The van der Waals surface area contributed by atoms with Crippen LogP contribution in [0.3, 0.4) is 0 Å². The summed E-state index contributed by atoms with van der Waals surface area (Å²) >= 11 is 5.42. The zero-order chi connectivity index (χ0) is 15.5. The average molecular weight is 321 g/mol. The molecular formula is C16H23N3O2S. The van der Waals surface area contributed by atoms with E-state index in [1.807, 2.05) is 18.2 Å². The van der Waals surface area contributed by atoms with Crippen molar-refractivity contribution in [3.8, 4) is 11.5 Å². The third-order valence-corrected chi connectivity index (χ3v) is 4.55. The Kier molecular flexibility index (Phi) is 4.69. The van der Waals surface area contributed by atoms with Gasteiger partial charge in [-0.05, 0) is 56.6 Å². The average Bonchev–Trinajstić information content (AvgIpc) is 2.96. The van der Waals surface area contributed by atoms with Crippen molar-refractivity contribution in [1.82, 2.24) is 15.8 Å². The van der Waals surface area contributed by atoms with E-state index in [9.17, 15) is 0 Å². The summed E-state index contributed by atoms with van der Waals surface area (Å²) in [6.45, 7) is 5.45. The van der Waals surface area contributed by atoms with Crippen molar-refractivity contribution in [2.45, 2.75) is 51.7 Å². The number of hydrogen-bond donors (Lipinski definition) is 2. The number of fused-ring (bicyclic) bond motifs is 1. The van der Waals surface area contributed by atoms with Crippen molar-refractivity contribution < 1.29 is 9.47 Å². The number of hydrazine groups is 1. The highest BCUT2D eigenvalue weighted by Crippen LogP contribution is 2.32. The zero-order valence-corrected chi connectivity index (χ0v) is 13.9. The second-order valence-electron chi connectivity index (χ2n) is 6.02. The topological polar surface area (TPSA) is 45.8 Å². The van der Waals surface area contributed by atoms with Crippen LogP contribution < -0.4 is 20.2 Å². The minimum atomic E-state index is 0.302. The Morgan fingerprint density at radius 1 is 1.23 bits per heavy atom. The summed E-state index contributed by atoms with van der Waals surface area (Å²) in [6.07, 6.45) is 3.71. The first kappa shape index (κ1) is 15.4. The summed E-state index contributed by atoms with van der Waals surface area (Å²) in [5, 5.41) is 6.19. The first-order valence-corrected chi connectivity index (χ1v) is 8.25. The normalized spacial score (nSPS) is 24.1. The summed E-state index contributed by atoms with van der Waals surface area (Å²) in [5.41, 5.74) is 4.46. The van der Waals surface area contributed by atoms with Crippen LogP contribution in [0.4, 0.5) is 0 Å². The van der Waals surface area contributed by atoms with Crippen LogP contribution in [0.25, 0.3) is 0 Å². The molecule has 0 aromatic heterocycles. The molecule has 22 heavy (non-hydrogen) atoms. The lowest BCUT2D eigenvalue weighted by Gasteiger charge is -2.39. The second kappa shape index (κ2) is 6.71. The smallest absolute Gasteiger partial charge is 0.231 e. The first-order chi connectivity index (χ1) is 10.6. The van der Waals surface area contributed by atoms with Crippen LogP contribution in [0, 0.1) is 0 Å². The molecule has 0 aliphatic carbocycles. The Balaban J connectivity index is 1.52. The number of hydrogen-bond acceptors (Lipinski definition) is 4. The molecule has 2 heterocycles. The van der Waals surface area contributed by atoms with E-state index in [0.29, 0.717) is 30.5 Å². The SMILES string of the molecule is C[C@@H]1CCC[C@@H](C)N1NC(=S)NCc1ccc2c(c1)OCO2. The van der Waals surface area contributed by atoms with E-state index in [0.717, 1.165) is 17.1 Å². The molecule has 3 rings (SSSR count). The molecule has 0 saturated carbocycles. The molecule has 2 atom stereocenters. The van der Waals surface area contributed by atoms with E-state index >= 15 is 0 Å². The lowest BCUT2D eigenvalue weighted by Crippen LogP contribution is -2.56. The molecule has 1 fully saturated rings. The van der Waals surface area contributed by atoms with Crippen molar-refractivity contribution in [1.29, 1.82) is 0 Å². The van der Waals surface area contributed by atoms with Gasteiger partial charge in [0.15, 0.2) is 16.6 Å². The molecule has 0 unspecified atom stereocenters. The highest BCUT2D eigenvalue weighted by atomic mass is 32.1. The van der Waals surface area contributed by atoms with Gasteiger partial charge >= 0.3 is 0 Å². The van der Waals surface area contributed by atoms with E-state index in [2.05, 4.69) is 29.6 Å². The fourth-order valence-corrected chi connectivity index (χ4v) is 3.21. The fourth-order valence-electron chi connectivity index (χ4n) is 3.03. The van der Waals surface area contributed by atoms with Crippen LogP contribution in [0.2, 0.25) is 0 Å². The van der Waals surface area contributed by atoms with E-state index in [1.165, 1.54) is 19.3 Å². The molecule has 0 radical (unpaired) electrons. The number of thiocarbonyl (C=S) groups is 1. The zero-order valence-electron chi connectivity index (χ0n) is 13.1. The molecule has 0 amide bonds. The maximum absolute atomic E-state index is 5.42. The van der Waals surface area contributed by atoms with Gasteiger partial charge < -0.3 is 14.8 Å². The van der Waals surface area contributed by atoms with Gasteiger partial charge in [-0.3, -0.25) is 5.43 Å². The molecule has 1 aromatic rings. The third-order valence-electron chi connectivity index (χ3n) is 4.31. The van der Waals surface area contributed by atoms with Crippen LogP contribution in [0.1, 0.15) is 38.7 Å². The summed E-state index contributed by atoms with van der Waals surface area (Å²) < 4.78 is 10.7. The lowest BCUT2D eigenvalue weighted by molar-refractivity contribution is 0.0736. The molecule has 5 nitrogen and oxygen atoms in total. The highest BCUT2D eigenvalue weighted by molar-refractivity contribution is 7.80. The van der Waals surface area contributed by atoms with Gasteiger partial charge in [-0.2, -0.15) is 0 Å². The van der Waals surface area contributed by atoms with Gasteiger partial charge in [-0.25, -0.2) is 5.01 Å². The summed E-state index contributed by atoms with van der Waals surface area (Å²) in [6, 6.07) is 6.97. The first-order valence-electron chi connectivity index (χ1n) is 7.85. The van der Waals surface area contributed by atoms with Crippen molar-refractivity contribution in [3.63, 3.8) is 0 Å². The van der Waals surface area contributed by atoms with Gasteiger partial charge in [0, 0.05) is 18.6 Å². The van der Waals surface area contributed by atoms with Crippen LogP contribution in [0.5, 0.6) is 11.5 Å². The minimum Gasteiger partial charge on any atom is -0.454 e. The molecule has 6 heteroatoms. The molecular weight excluding hydrogens is 298 g/mol. The third kappa shape index (κ3) is 3.44. The quantitative estimate of drug-likeness (QED) is 0.834. The Morgan fingerprint density at radius 3 is 2.73 bits per heavy atom. The number of ether oxygens (including phenoxy) is 2. The Labute approximate surface area is 136 Å². The van der Waals surface area contributed by atoms with Gasteiger partial charge in [-0.15, -0.1) is 0 Å². The van der Waals surface area contributed by atoms with Crippen LogP contribution >= 0.6 is 12.2 Å². The molecule has 0 spiro atoms. The van der Waals surface area contributed by atoms with Gasteiger partial charge in [0.1, 0.15) is 0 Å². The predicted molar refractivity (Wildman–Crippen MR) is 89.8 cm³/mol. The number of piperidine rings is 1. The van der Waals surface area contributed by atoms with E-state index in [4.69, 9.17) is 21.7 Å². The second-order valence-corrected chi connectivity index (χ2v) is 6.43. The molecule has 2 aliphatic heterocycles. The van der Waals surface area contributed by atoms with Crippen molar-refractivity contribution >= 4 is 17.3 Å². The maximum atomic E-state index is 5.42. The highest BCUT2D eigenvalue weighted by Gasteiger charge is 2.25. The van der Waals surface area contributed by atoms with Crippen molar-refractivity contribution in [2.75, 3.05) is 6.79 Å². The number of nitrogens with zero attached hydrogens (tertiary/aromatic N) is 1. The summed E-state index contributed by atoms with van der Waals surface area (Å²) in [5.74, 6) is 1.61. The molecule has 1 saturated heterocycles. The monoisotopic (exact) mass is 321 g/mol. The minimum absolute atomic E-state index is 0.302. The number of nitrogens with one attached hydrogen (secondary N) is 2. The van der Waals surface area contributed by atoms with Gasteiger partial charge in [0.2, 0.25) is 6.79 Å². The molecule has 1 aromatic carbocycles. The molecule has 2 aliphatic rings. The number of rotatable bonds is 3. The van der Waals surface area contributed by atoms with Gasteiger partial charge in [0.05, 0.1) is 0 Å². The van der Waals surface area contributed by atoms with E-state index in [1.54, 1.807) is 0 Å². The van der Waals surface area contributed by atoms with Crippen molar-refractivity contribution in [3.05, 3.63) is 23.8 Å². The van der Waals surface area contributed by atoms with Crippen LogP contribution in [0.15, 0.2) is 18.2 Å². The van der Waals surface area contributed by atoms with E-state index < -0.39 is 0 Å². The lowest BCUT2D eigenvalue weighted by atomic mass is 10.00. The molecule has 120 valence electrons. The largest absolute Gasteiger partial charge is 0.454 e. The van der Waals surface area contributed by atoms with Crippen molar-refractivity contribution in [2.24, 2.45) is 0 Å². The standard InChI is InChI=1S/C16H23N3O2S/c1-11-4-3-5-12(2)19(11)18-16(22)17-9-13-6-7-14-15(8-13)21-10-20-14/h6-8,11-12H,3-5,9-10H2,1-2H3,(H2,17,18,22)/t11-,12-/m1/s1.